The normalized spacial score (nSPS) is 27.0. The Balaban J connectivity index is 2.19. The highest BCUT2D eigenvalue weighted by Gasteiger charge is 2.30. The van der Waals surface area contributed by atoms with Crippen LogP contribution in [0.1, 0.15) is 0 Å². The SMILES string of the molecule is NC(=O)C1=CNN2CC=CNC12. The van der Waals surface area contributed by atoms with Gasteiger partial charge >= 0.3 is 0 Å². The molecule has 0 aromatic rings. The first-order chi connectivity index (χ1) is 5.79. The Kier molecular flexibility index (Phi) is 1.51. The van der Waals surface area contributed by atoms with E-state index in [-0.39, 0.29) is 6.17 Å². The molecule has 2 heterocycles. The van der Waals surface area contributed by atoms with E-state index in [1.807, 2.05) is 17.3 Å². The van der Waals surface area contributed by atoms with Gasteiger partial charge in [-0.1, -0.05) is 6.08 Å². The smallest absolute Gasteiger partial charge is 0.249 e. The van der Waals surface area contributed by atoms with Crippen molar-refractivity contribution >= 4 is 5.91 Å². The third-order valence-electron chi connectivity index (χ3n) is 1.95. The zero-order valence-electron chi connectivity index (χ0n) is 6.45. The van der Waals surface area contributed by atoms with Gasteiger partial charge in [-0.25, -0.2) is 0 Å². The Morgan fingerprint density at radius 3 is 3.33 bits per heavy atom. The molecule has 0 spiro atoms. The van der Waals surface area contributed by atoms with Crippen LogP contribution in [0.5, 0.6) is 0 Å². The second-order valence-corrected chi connectivity index (χ2v) is 2.72. The fourth-order valence-electron chi connectivity index (χ4n) is 1.34. The summed E-state index contributed by atoms with van der Waals surface area (Å²) < 4.78 is 0. The maximum atomic E-state index is 10.9. The lowest BCUT2D eigenvalue weighted by Gasteiger charge is -2.27. The summed E-state index contributed by atoms with van der Waals surface area (Å²) in [5.74, 6) is -0.391. The number of primary amides is 1. The van der Waals surface area contributed by atoms with Crippen molar-refractivity contribution in [2.75, 3.05) is 6.54 Å². The number of carbonyl (C=O) groups is 1. The first-order valence-corrected chi connectivity index (χ1v) is 3.73. The highest BCUT2D eigenvalue weighted by atomic mass is 16.1. The Morgan fingerprint density at radius 2 is 2.58 bits per heavy atom. The molecule has 0 aliphatic carbocycles. The second-order valence-electron chi connectivity index (χ2n) is 2.72. The molecule has 0 fully saturated rings. The van der Waals surface area contributed by atoms with Crippen LogP contribution in [0, 0.1) is 0 Å². The van der Waals surface area contributed by atoms with Gasteiger partial charge in [0, 0.05) is 12.7 Å². The number of rotatable bonds is 1. The number of hydrogen-bond acceptors (Lipinski definition) is 4. The molecule has 2 aliphatic heterocycles. The molecule has 2 aliphatic rings. The van der Waals surface area contributed by atoms with Crippen LogP contribution >= 0.6 is 0 Å². The van der Waals surface area contributed by atoms with Gasteiger partial charge in [0.25, 0.3) is 0 Å². The van der Waals surface area contributed by atoms with Crippen molar-refractivity contribution in [2.24, 2.45) is 5.73 Å². The minimum absolute atomic E-state index is 0.104. The highest BCUT2D eigenvalue weighted by molar-refractivity contribution is 5.93. The fourth-order valence-corrected chi connectivity index (χ4v) is 1.34. The Labute approximate surface area is 69.9 Å². The predicted molar refractivity (Wildman–Crippen MR) is 43.2 cm³/mol. The maximum absolute atomic E-state index is 10.9. The fraction of sp³-hybridized carbons (Fsp3) is 0.286. The molecule has 4 N–H and O–H groups in total. The van der Waals surface area contributed by atoms with Crippen LogP contribution in [0.2, 0.25) is 0 Å². The van der Waals surface area contributed by atoms with Crippen LogP contribution in [-0.2, 0) is 4.79 Å². The molecule has 5 nitrogen and oxygen atoms in total. The van der Waals surface area contributed by atoms with Gasteiger partial charge in [0.1, 0.15) is 6.17 Å². The molecule has 1 amide bonds. The monoisotopic (exact) mass is 166 g/mol. The zero-order valence-corrected chi connectivity index (χ0v) is 6.45. The Hall–Kier alpha value is -1.49. The lowest BCUT2D eigenvalue weighted by molar-refractivity contribution is -0.115. The van der Waals surface area contributed by atoms with Crippen molar-refractivity contribution in [2.45, 2.75) is 6.17 Å². The summed E-state index contributed by atoms with van der Waals surface area (Å²) in [4.78, 5) is 10.9. The second kappa shape index (κ2) is 2.53. The number of amides is 1. The van der Waals surface area contributed by atoms with Gasteiger partial charge < -0.3 is 16.5 Å². The standard InChI is InChI=1S/C7H10N4O/c8-6(12)5-4-10-11-3-1-2-9-7(5)11/h1-2,4,7,9-10H,3H2,(H2,8,12). The van der Waals surface area contributed by atoms with Crippen LogP contribution in [-0.4, -0.2) is 23.6 Å². The van der Waals surface area contributed by atoms with Crippen LogP contribution in [0.3, 0.4) is 0 Å². The van der Waals surface area contributed by atoms with Gasteiger partial charge in [-0.15, -0.1) is 0 Å². The minimum Gasteiger partial charge on any atom is -0.371 e. The van der Waals surface area contributed by atoms with Crippen molar-refractivity contribution in [1.82, 2.24) is 15.8 Å². The molecule has 0 bridgehead atoms. The molecule has 1 unspecified atom stereocenters. The van der Waals surface area contributed by atoms with E-state index in [2.05, 4.69) is 10.7 Å². The summed E-state index contributed by atoms with van der Waals surface area (Å²) >= 11 is 0. The van der Waals surface area contributed by atoms with Gasteiger partial charge in [0.2, 0.25) is 5.91 Å². The van der Waals surface area contributed by atoms with Gasteiger partial charge in [-0.2, -0.15) is 5.01 Å². The molecule has 0 aromatic heterocycles. The van der Waals surface area contributed by atoms with Crippen LogP contribution < -0.4 is 16.5 Å². The van der Waals surface area contributed by atoms with E-state index in [4.69, 9.17) is 5.73 Å². The first kappa shape index (κ1) is 7.17. The molecule has 64 valence electrons. The van der Waals surface area contributed by atoms with E-state index in [1.165, 1.54) is 0 Å². The quantitative estimate of drug-likeness (QED) is 0.449. The van der Waals surface area contributed by atoms with Crippen LogP contribution in [0.25, 0.3) is 0 Å². The minimum atomic E-state index is -0.391. The molecule has 1 atom stereocenters. The summed E-state index contributed by atoms with van der Waals surface area (Å²) in [6, 6.07) is 0. The van der Waals surface area contributed by atoms with Gasteiger partial charge in [-0.3, -0.25) is 4.79 Å². The highest BCUT2D eigenvalue weighted by Crippen LogP contribution is 2.13. The van der Waals surface area contributed by atoms with Crippen molar-refractivity contribution in [3.63, 3.8) is 0 Å². The average molecular weight is 166 g/mol. The van der Waals surface area contributed by atoms with Gasteiger partial charge in [-0.05, 0) is 6.20 Å². The largest absolute Gasteiger partial charge is 0.371 e. The molecule has 0 aromatic carbocycles. The predicted octanol–water partition coefficient (Wildman–Crippen LogP) is -1.38. The molecule has 0 saturated carbocycles. The van der Waals surface area contributed by atoms with Crippen LogP contribution in [0.15, 0.2) is 24.0 Å². The van der Waals surface area contributed by atoms with E-state index >= 15 is 0 Å². The summed E-state index contributed by atoms with van der Waals surface area (Å²) in [5, 5.41) is 4.92. The average Bonchev–Trinajstić information content (AvgIpc) is 2.47. The van der Waals surface area contributed by atoms with Crippen LogP contribution in [0.4, 0.5) is 0 Å². The zero-order chi connectivity index (χ0) is 8.55. The van der Waals surface area contributed by atoms with E-state index in [1.54, 1.807) is 6.20 Å². The maximum Gasteiger partial charge on any atom is 0.249 e. The van der Waals surface area contributed by atoms with Gasteiger partial charge in [0.05, 0.1) is 5.57 Å². The van der Waals surface area contributed by atoms with E-state index < -0.39 is 5.91 Å². The molecular weight excluding hydrogens is 156 g/mol. The van der Waals surface area contributed by atoms with Crippen molar-refractivity contribution in [3.8, 4) is 0 Å². The third kappa shape index (κ3) is 0.947. The Morgan fingerprint density at radius 1 is 1.75 bits per heavy atom. The number of hydrogen-bond donors (Lipinski definition) is 3. The third-order valence-corrected chi connectivity index (χ3v) is 1.95. The number of hydrazine groups is 1. The summed E-state index contributed by atoms with van der Waals surface area (Å²) in [7, 11) is 0. The summed E-state index contributed by atoms with van der Waals surface area (Å²) in [6.45, 7) is 0.769. The molecular formula is C7H10N4O. The number of nitrogens with one attached hydrogen (secondary N) is 2. The number of nitrogens with two attached hydrogens (primary N) is 1. The number of carbonyl (C=O) groups excluding carboxylic acids is 1. The molecule has 12 heavy (non-hydrogen) atoms. The van der Waals surface area contributed by atoms with E-state index in [0.717, 1.165) is 6.54 Å². The number of fused-ring (bicyclic) bond motifs is 1. The number of nitrogens with zero attached hydrogens (tertiary/aromatic N) is 1. The lowest BCUT2D eigenvalue weighted by Crippen LogP contribution is -2.49. The topological polar surface area (TPSA) is 70.4 Å². The van der Waals surface area contributed by atoms with Crippen molar-refractivity contribution in [3.05, 3.63) is 24.0 Å². The molecule has 0 radical (unpaired) electrons. The lowest BCUT2D eigenvalue weighted by atomic mass is 10.2. The summed E-state index contributed by atoms with van der Waals surface area (Å²) in [6.07, 6.45) is 5.31. The molecule has 2 rings (SSSR count). The Bertz CT molecular complexity index is 271. The van der Waals surface area contributed by atoms with Crippen molar-refractivity contribution < 1.29 is 4.79 Å². The first-order valence-electron chi connectivity index (χ1n) is 3.73. The molecule has 0 saturated heterocycles. The van der Waals surface area contributed by atoms with Crippen molar-refractivity contribution in [1.29, 1.82) is 0 Å². The van der Waals surface area contributed by atoms with E-state index in [9.17, 15) is 4.79 Å². The molecule has 5 heteroatoms. The summed E-state index contributed by atoms with van der Waals surface area (Å²) in [5.41, 5.74) is 8.68. The van der Waals surface area contributed by atoms with E-state index in [0.29, 0.717) is 5.57 Å². The van der Waals surface area contributed by atoms with Gasteiger partial charge in [0.15, 0.2) is 0 Å².